The Morgan fingerprint density at radius 2 is 1.71 bits per heavy atom. The highest BCUT2D eigenvalue weighted by atomic mass is 127. The molecule has 0 radical (unpaired) electrons. The van der Waals surface area contributed by atoms with Crippen LogP contribution in [0.2, 0.25) is 0 Å². The van der Waals surface area contributed by atoms with Crippen molar-refractivity contribution in [1.82, 2.24) is 5.32 Å². The second kappa shape index (κ2) is 9.60. The number of hydrogen-bond acceptors (Lipinski definition) is 6. The number of rotatable bonds is 7. The largest absolute Gasteiger partial charge is 0.748 e. The minimum Gasteiger partial charge on any atom is -0.748 e. The van der Waals surface area contributed by atoms with Crippen molar-refractivity contribution in [2.75, 3.05) is 17.7 Å². The van der Waals surface area contributed by atoms with Gasteiger partial charge in [0, 0.05) is 9.13 Å². The Morgan fingerprint density at radius 3 is 2.13 bits per heavy atom. The Hall–Kier alpha value is -2.08. The number of benzene rings is 1. The molecule has 0 atom stereocenters. The van der Waals surface area contributed by atoms with Gasteiger partial charge in [-0.25, -0.2) is 13.2 Å². The molecule has 0 bridgehead atoms. The van der Waals surface area contributed by atoms with Crippen molar-refractivity contribution in [3.63, 3.8) is 0 Å². The maximum atomic E-state index is 13.3. The maximum absolute atomic E-state index is 13.3. The van der Waals surface area contributed by atoms with Gasteiger partial charge < -0.3 is 14.6 Å². The van der Waals surface area contributed by atoms with Gasteiger partial charge in [-0.2, -0.15) is 26.3 Å². The molecule has 1 aromatic carbocycles. The molecule has 0 unspecified atom stereocenters. The second-order valence-electron chi connectivity index (χ2n) is 5.76. The topological polar surface area (TPSA) is 125 Å². The van der Waals surface area contributed by atoms with E-state index in [-0.39, 0.29) is 15.9 Å². The van der Waals surface area contributed by atoms with E-state index in [2.05, 4.69) is 16.6 Å². The summed E-state index contributed by atoms with van der Waals surface area (Å²) in [4.78, 5) is 23.6. The van der Waals surface area contributed by atoms with Crippen molar-refractivity contribution in [3.8, 4) is 0 Å². The van der Waals surface area contributed by atoms with Crippen LogP contribution in [0.15, 0.2) is 30.9 Å². The minimum atomic E-state index is -6.37. The monoisotopic (exact) mass is 589 g/mol. The Bertz CT molecular complexity index is 950. The highest BCUT2D eigenvalue weighted by Gasteiger charge is 2.72. The number of halogens is 7. The van der Waals surface area contributed by atoms with E-state index < -0.39 is 51.3 Å². The number of carbonyl (C=O) groups is 2. The van der Waals surface area contributed by atoms with Crippen LogP contribution in [0.25, 0.3) is 0 Å². The summed E-state index contributed by atoms with van der Waals surface area (Å²) in [5.74, 6) is -4.96. The first-order valence-corrected chi connectivity index (χ1v) is 10.3. The van der Waals surface area contributed by atoms with E-state index in [9.17, 15) is 48.9 Å². The van der Waals surface area contributed by atoms with Crippen LogP contribution in [-0.4, -0.2) is 55.2 Å². The molecule has 31 heavy (non-hydrogen) atoms. The summed E-state index contributed by atoms with van der Waals surface area (Å²) in [6.07, 6.45) is -12.4. The first-order valence-electron chi connectivity index (χ1n) is 7.67. The molecule has 0 fully saturated rings. The lowest BCUT2D eigenvalue weighted by molar-refractivity contribution is -0.296. The first-order chi connectivity index (χ1) is 13.9. The van der Waals surface area contributed by atoms with Crippen molar-refractivity contribution < 1.29 is 53.6 Å². The van der Waals surface area contributed by atoms with Gasteiger partial charge in [-0.05, 0) is 40.8 Å². The van der Waals surface area contributed by atoms with Gasteiger partial charge in [0.05, 0.1) is 21.6 Å². The smallest absolute Gasteiger partial charge is 0.421 e. The van der Waals surface area contributed by atoms with E-state index in [1.165, 1.54) is 28.7 Å². The summed E-state index contributed by atoms with van der Waals surface area (Å²) in [5, 5.41) is 2.81. The van der Waals surface area contributed by atoms with Gasteiger partial charge in [0.15, 0.2) is 0 Å². The molecule has 0 spiro atoms. The fourth-order valence-corrected chi connectivity index (χ4v) is 3.65. The van der Waals surface area contributed by atoms with Crippen molar-refractivity contribution in [1.29, 1.82) is 0 Å². The summed E-state index contributed by atoms with van der Waals surface area (Å²) < 4.78 is 116. The normalized spacial score (nSPS) is 12.8. The average Bonchev–Trinajstić information content (AvgIpc) is 2.57. The van der Waals surface area contributed by atoms with Crippen LogP contribution >= 0.6 is 22.6 Å². The van der Waals surface area contributed by atoms with Crippen LogP contribution in [0.4, 0.5) is 36.8 Å². The summed E-state index contributed by atoms with van der Waals surface area (Å²) >= 11 is 1.52. The van der Waals surface area contributed by atoms with Crippen molar-refractivity contribution in [3.05, 3.63) is 40.0 Å². The molecule has 1 rings (SSSR count). The summed E-state index contributed by atoms with van der Waals surface area (Å²) in [6.45, 7) is 3.16. The fraction of sp³-hybridized carbons (Fsp3) is 0.333. The zero-order valence-electron chi connectivity index (χ0n) is 14.9. The second-order valence-corrected chi connectivity index (χ2v) is 8.33. The molecule has 0 aromatic heterocycles. The van der Waals surface area contributed by atoms with E-state index in [0.29, 0.717) is 5.32 Å². The molecule has 2 N–H and O–H groups in total. The quantitative estimate of drug-likeness (QED) is 0.218. The van der Waals surface area contributed by atoms with E-state index in [4.69, 9.17) is 0 Å². The lowest BCUT2D eigenvalue weighted by atomic mass is 9.99. The van der Waals surface area contributed by atoms with Crippen LogP contribution in [-0.2, 0) is 14.9 Å². The number of alkyl halides is 6. The van der Waals surface area contributed by atoms with Gasteiger partial charge in [-0.1, -0.05) is 12.7 Å². The SMILES string of the molecule is C=CCOC(=O)Nc1ccc(C(=O)NC(CS(=O)(=O)[O-])(C(F)(F)F)C(F)(F)F)cc1I. The van der Waals surface area contributed by atoms with E-state index in [1.54, 1.807) is 0 Å². The van der Waals surface area contributed by atoms with Gasteiger partial charge in [0.25, 0.3) is 5.91 Å². The molecular formula is C15H12F6IN2O6S-. The molecule has 1 aromatic rings. The lowest BCUT2D eigenvalue weighted by Gasteiger charge is -2.38. The predicted molar refractivity (Wildman–Crippen MR) is 101 cm³/mol. The summed E-state index contributed by atoms with van der Waals surface area (Å²) in [5.41, 5.74) is -6.07. The van der Waals surface area contributed by atoms with Crippen LogP contribution < -0.4 is 10.6 Å². The van der Waals surface area contributed by atoms with E-state index in [1.807, 2.05) is 0 Å². The minimum absolute atomic E-state index is 0.00579. The molecule has 174 valence electrons. The third kappa shape index (κ3) is 6.96. The van der Waals surface area contributed by atoms with Crippen molar-refractivity contribution in [2.45, 2.75) is 17.9 Å². The molecule has 16 heteroatoms. The van der Waals surface area contributed by atoms with Gasteiger partial charge in [-0.3, -0.25) is 10.1 Å². The molecule has 2 amide bonds. The number of ether oxygens (including phenoxy) is 1. The fourth-order valence-electron chi connectivity index (χ4n) is 2.07. The van der Waals surface area contributed by atoms with Crippen molar-refractivity contribution >= 4 is 50.4 Å². The third-order valence-corrected chi connectivity index (χ3v) is 5.17. The molecule has 0 aliphatic rings. The number of hydrogen-bond donors (Lipinski definition) is 2. The van der Waals surface area contributed by atoms with Gasteiger partial charge in [-0.15, -0.1) is 0 Å². The van der Waals surface area contributed by atoms with E-state index >= 15 is 0 Å². The molecule has 0 heterocycles. The Morgan fingerprint density at radius 1 is 1.16 bits per heavy atom. The van der Waals surface area contributed by atoms with Gasteiger partial charge in [0.2, 0.25) is 5.54 Å². The Balaban J connectivity index is 3.29. The molecule has 8 nitrogen and oxygen atoms in total. The molecule has 0 saturated heterocycles. The zero-order valence-corrected chi connectivity index (χ0v) is 17.9. The number of amides is 2. The maximum Gasteiger partial charge on any atom is 0.421 e. The third-order valence-electron chi connectivity index (χ3n) is 3.49. The van der Waals surface area contributed by atoms with Crippen LogP contribution in [0.1, 0.15) is 10.4 Å². The lowest BCUT2D eigenvalue weighted by Crippen LogP contribution is -2.70. The Kier molecular flexibility index (Phi) is 8.34. The van der Waals surface area contributed by atoms with Gasteiger partial charge in [0.1, 0.15) is 6.61 Å². The van der Waals surface area contributed by atoms with Crippen LogP contribution in [0, 0.1) is 3.57 Å². The zero-order chi connectivity index (χ0) is 24.3. The van der Waals surface area contributed by atoms with Crippen molar-refractivity contribution in [2.24, 2.45) is 0 Å². The van der Waals surface area contributed by atoms with Gasteiger partial charge >= 0.3 is 18.4 Å². The standard InChI is InChI=1S/C15H13F6IN2O6S/c1-2-5-30-12(26)23-10-4-3-8(6-9(10)22)11(25)24-13(14(16,17)18,15(19,20)21)7-31(27,28)29/h2-4,6H,1,5,7H2,(H,23,26)(H,24,25)(H,27,28,29)/p-1. The number of anilines is 1. The highest BCUT2D eigenvalue weighted by molar-refractivity contribution is 14.1. The first kappa shape index (κ1) is 27.0. The molecular weight excluding hydrogens is 577 g/mol. The van der Waals surface area contributed by atoms with Crippen LogP contribution in [0.5, 0.6) is 0 Å². The number of nitrogens with one attached hydrogen (secondary N) is 2. The predicted octanol–water partition coefficient (Wildman–Crippen LogP) is 3.16. The van der Waals surface area contributed by atoms with Crippen LogP contribution in [0.3, 0.4) is 0 Å². The van der Waals surface area contributed by atoms with E-state index in [0.717, 1.165) is 18.2 Å². The summed E-state index contributed by atoms with van der Waals surface area (Å²) in [6, 6.07) is 2.57. The number of carbonyl (C=O) groups excluding carboxylic acids is 2. The molecule has 0 aliphatic heterocycles. The molecule has 0 saturated carbocycles. The Labute approximate surface area is 184 Å². The average molecular weight is 589 g/mol. The summed E-state index contributed by atoms with van der Waals surface area (Å²) in [7, 11) is -6.09. The molecule has 0 aliphatic carbocycles. The highest BCUT2D eigenvalue weighted by Crippen LogP contribution is 2.44.